The average molecular weight is 540 g/mol. The second-order valence-corrected chi connectivity index (χ2v) is 9.90. The first-order valence-electron chi connectivity index (χ1n) is 9.63. The van der Waals surface area contributed by atoms with Crippen LogP contribution in [0.4, 0.5) is 0 Å². The van der Waals surface area contributed by atoms with Gasteiger partial charge >= 0.3 is 13.1 Å². The molecule has 3 rings (SSSR count). The summed E-state index contributed by atoms with van der Waals surface area (Å²) in [7, 11) is 0.820. The lowest BCUT2D eigenvalue weighted by molar-refractivity contribution is 0.00578. The molecule has 1 fully saturated rings. The molecule has 5 nitrogen and oxygen atoms in total. The first-order chi connectivity index (χ1) is 14.1. The van der Waals surface area contributed by atoms with Crippen LogP contribution in [0, 0.1) is 0 Å². The molecule has 160 valence electrons. The Kier molecular flexibility index (Phi) is 7.14. The van der Waals surface area contributed by atoms with Crippen LogP contribution in [0.25, 0.3) is 0 Å². The summed E-state index contributed by atoms with van der Waals surface area (Å²) < 4.78 is 25.2. The highest BCUT2D eigenvalue weighted by atomic mass is 79.9. The molecule has 2 aromatic rings. The van der Waals surface area contributed by atoms with Crippen LogP contribution in [0.1, 0.15) is 49.2 Å². The summed E-state index contributed by atoms with van der Waals surface area (Å²) in [5, 5.41) is 0. The zero-order valence-electron chi connectivity index (χ0n) is 17.8. The molecular formula is C22H25BBr2O5. The number of carbonyl (C=O) groups excluding carboxylic acids is 1. The lowest BCUT2D eigenvalue weighted by atomic mass is 9.75. The van der Waals surface area contributed by atoms with E-state index in [9.17, 15) is 4.79 Å². The largest absolute Gasteiger partial charge is 0.495 e. The quantitative estimate of drug-likeness (QED) is 0.381. The van der Waals surface area contributed by atoms with E-state index < -0.39 is 24.3 Å². The number of hydrogen-bond donors (Lipinski definition) is 0. The highest BCUT2D eigenvalue weighted by Crippen LogP contribution is 2.37. The Labute approximate surface area is 194 Å². The summed E-state index contributed by atoms with van der Waals surface area (Å²) in [5.74, 6) is -0.398. The maximum atomic E-state index is 12.1. The molecule has 30 heavy (non-hydrogen) atoms. The maximum Gasteiger partial charge on any atom is 0.495 e. The van der Waals surface area contributed by atoms with Gasteiger partial charge in [-0.15, -0.1) is 0 Å². The van der Waals surface area contributed by atoms with Crippen molar-refractivity contribution in [2.75, 3.05) is 7.11 Å². The van der Waals surface area contributed by atoms with E-state index in [1.165, 1.54) is 7.11 Å². The number of methoxy groups -OCH3 is 1. The van der Waals surface area contributed by atoms with Gasteiger partial charge in [-0.25, -0.2) is 4.79 Å². The van der Waals surface area contributed by atoms with Crippen LogP contribution >= 0.6 is 31.9 Å². The van der Waals surface area contributed by atoms with Crippen LogP contribution in [0.5, 0.6) is 0 Å². The van der Waals surface area contributed by atoms with Gasteiger partial charge in [0.15, 0.2) is 0 Å². The van der Waals surface area contributed by atoms with E-state index in [-0.39, 0.29) is 6.61 Å². The summed E-state index contributed by atoms with van der Waals surface area (Å²) >= 11 is 7.11. The van der Waals surface area contributed by atoms with Gasteiger partial charge in [0.25, 0.3) is 0 Å². The minimum absolute atomic E-state index is 0.290. The molecule has 0 atom stereocenters. The highest BCUT2D eigenvalue weighted by Gasteiger charge is 2.52. The van der Waals surface area contributed by atoms with E-state index in [4.69, 9.17) is 18.8 Å². The third-order valence-corrected chi connectivity index (χ3v) is 7.12. The number of halogens is 2. The lowest BCUT2D eigenvalue weighted by Gasteiger charge is -2.32. The van der Waals surface area contributed by atoms with Crippen molar-refractivity contribution in [3.63, 3.8) is 0 Å². The SMILES string of the molecule is COC(=O)c1ccc(B2OC(C)(C)C(C)(C)O2)c(COCc2c(Br)cccc2Br)c1. The molecule has 1 aliphatic heterocycles. The molecule has 2 aromatic carbocycles. The van der Waals surface area contributed by atoms with Crippen molar-refractivity contribution in [3.8, 4) is 0 Å². The van der Waals surface area contributed by atoms with Gasteiger partial charge in [-0.3, -0.25) is 0 Å². The third kappa shape index (κ3) is 4.83. The molecule has 8 heteroatoms. The van der Waals surface area contributed by atoms with Crippen molar-refractivity contribution in [3.05, 3.63) is 62.0 Å². The molecule has 0 radical (unpaired) electrons. The van der Waals surface area contributed by atoms with E-state index >= 15 is 0 Å². The first-order valence-corrected chi connectivity index (χ1v) is 11.2. The van der Waals surface area contributed by atoms with Crippen LogP contribution in [0.3, 0.4) is 0 Å². The topological polar surface area (TPSA) is 54.0 Å². The summed E-state index contributed by atoms with van der Waals surface area (Å²) in [5.41, 5.74) is 2.21. The molecule has 0 unspecified atom stereocenters. The number of ether oxygens (including phenoxy) is 2. The molecule has 0 bridgehead atoms. The Morgan fingerprint density at radius 1 is 1.00 bits per heavy atom. The number of hydrogen-bond acceptors (Lipinski definition) is 5. The fourth-order valence-corrected chi connectivity index (χ4v) is 4.34. The summed E-state index contributed by atoms with van der Waals surface area (Å²) in [4.78, 5) is 12.1. The molecule has 1 aliphatic rings. The summed E-state index contributed by atoms with van der Waals surface area (Å²) in [6.45, 7) is 8.73. The molecule has 0 N–H and O–H groups in total. The monoisotopic (exact) mass is 538 g/mol. The van der Waals surface area contributed by atoms with Gasteiger partial charge in [0.2, 0.25) is 0 Å². The Balaban J connectivity index is 1.86. The van der Waals surface area contributed by atoms with Crippen molar-refractivity contribution in [1.82, 2.24) is 0 Å². The molecule has 0 aromatic heterocycles. The Hall–Kier alpha value is -1.19. The van der Waals surface area contributed by atoms with Crippen molar-refractivity contribution < 1.29 is 23.6 Å². The van der Waals surface area contributed by atoms with E-state index in [0.717, 1.165) is 25.5 Å². The van der Waals surface area contributed by atoms with Gasteiger partial charge in [-0.1, -0.05) is 44.0 Å². The summed E-state index contributed by atoms with van der Waals surface area (Å²) in [6.07, 6.45) is 0. The normalized spacial score (nSPS) is 17.2. The van der Waals surface area contributed by atoms with Gasteiger partial charge in [0.1, 0.15) is 0 Å². The fraction of sp³-hybridized carbons (Fsp3) is 0.409. The van der Waals surface area contributed by atoms with E-state index in [1.807, 2.05) is 52.0 Å². The molecule has 0 saturated carbocycles. The lowest BCUT2D eigenvalue weighted by Crippen LogP contribution is -2.41. The molecule has 0 aliphatic carbocycles. The van der Waals surface area contributed by atoms with Crippen LogP contribution in [0.15, 0.2) is 45.3 Å². The smallest absolute Gasteiger partial charge is 0.465 e. The number of benzene rings is 2. The first kappa shape index (κ1) is 23.5. The molecule has 1 saturated heterocycles. The zero-order valence-corrected chi connectivity index (χ0v) is 20.9. The Morgan fingerprint density at radius 3 is 2.17 bits per heavy atom. The van der Waals surface area contributed by atoms with Crippen LogP contribution in [-0.2, 0) is 32.0 Å². The van der Waals surface area contributed by atoms with E-state index in [1.54, 1.807) is 12.1 Å². The van der Waals surface area contributed by atoms with Gasteiger partial charge in [0, 0.05) is 14.5 Å². The van der Waals surface area contributed by atoms with Crippen molar-refractivity contribution >= 4 is 50.4 Å². The van der Waals surface area contributed by atoms with Crippen molar-refractivity contribution in [1.29, 1.82) is 0 Å². The standard InChI is InChI=1S/C22H25BBr2O5/c1-21(2)22(3,4)30-23(29-21)17-10-9-14(20(26)27-5)11-15(17)12-28-13-16-18(24)7-6-8-19(16)25/h6-11H,12-13H2,1-5H3. The van der Waals surface area contributed by atoms with Crippen molar-refractivity contribution in [2.45, 2.75) is 52.1 Å². The van der Waals surface area contributed by atoms with E-state index in [2.05, 4.69) is 31.9 Å². The minimum Gasteiger partial charge on any atom is -0.465 e. The second-order valence-electron chi connectivity index (χ2n) is 8.19. The Morgan fingerprint density at radius 2 is 1.60 bits per heavy atom. The average Bonchev–Trinajstić information content (AvgIpc) is 2.90. The highest BCUT2D eigenvalue weighted by molar-refractivity contribution is 9.11. The predicted octanol–water partition coefficient (Wildman–Crippen LogP) is 5.01. The van der Waals surface area contributed by atoms with Crippen molar-refractivity contribution in [2.24, 2.45) is 0 Å². The summed E-state index contributed by atoms with van der Waals surface area (Å²) in [6, 6.07) is 11.2. The van der Waals surface area contributed by atoms with Gasteiger partial charge in [0.05, 0.1) is 37.1 Å². The zero-order chi connectivity index (χ0) is 22.1. The Bertz CT molecular complexity index is 909. The van der Waals surface area contributed by atoms with Gasteiger partial charge in [-0.2, -0.15) is 0 Å². The number of rotatable bonds is 6. The van der Waals surface area contributed by atoms with Gasteiger partial charge in [-0.05, 0) is 63.0 Å². The number of carbonyl (C=O) groups is 1. The second kappa shape index (κ2) is 9.13. The van der Waals surface area contributed by atoms with Crippen LogP contribution in [-0.4, -0.2) is 31.4 Å². The number of esters is 1. The third-order valence-electron chi connectivity index (χ3n) is 5.64. The fourth-order valence-electron chi connectivity index (χ4n) is 3.11. The predicted molar refractivity (Wildman–Crippen MR) is 124 cm³/mol. The molecule has 1 heterocycles. The van der Waals surface area contributed by atoms with Crippen LogP contribution < -0.4 is 5.46 Å². The molecule has 0 amide bonds. The molecular weight excluding hydrogens is 515 g/mol. The minimum atomic E-state index is -0.546. The van der Waals surface area contributed by atoms with Crippen LogP contribution in [0.2, 0.25) is 0 Å². The molecule has 0 spiro atoms. The van der Waals surface area contributed by atoms with E-state index in [0.29, 0.717) is 12.2 Å². The maximum absolute atomic E-state index is 12.1. The van der Waals surface area contributed by atoms with Gasteiger partial charge < -0.3 is 18.8 Å².